The molecule has 0 aliphatic heterocycles. The molecule has 1 saturated carbocycles. The number of anilines is 3. The van der Waals surface area contributed by atoms with Crippen LogP contribution in [-0.2, 0) is 0 Å². The van der Waals surface area contributed by atoms with E-state index >= 15 is 0 Å². The molecule has 27 heavy (non-hydrogen) atoms. The number of aromatic nitrogens is 2. The average Bonchev–Trinajstić information content (AvgIpc) is 3.47. The molecule has 0 atom stereocenters. The number of hydrogen-bond donors (Lipinski definition) is 3. The third-order valence-corrected chi connectivity index (χ3v) is 4.80. The molecule has 0 bridgehead atoms. The number of benzene rings is 2. The summed E-state index contributed by atoms with van der Waals surface area (Å²) in [4.78, 5) is 12.5. The molecule has 0 saturated heterocycles. The van der Waals surface area contributed by atoms with Gasteiger partial charge in [0.05, 0.1) is 12.8 Å². The van der Waals surface area contributed by atoms with Crippen molar-refractivity contribution in [3.63, 3.8) is 0 Å². The number of rotatable bonds is 6. The molecule has 0 unspecified atom stereocenters. The topological polar surface area (TPSA) is 79.0 Å². The maximum atomic E-state index is 12.5. The molecule has 3 aromatic rings. The molecule has 2 aromatic carbocycles. The van der Waals surface area contributed by atoms with E-state index in [4.69, 9.17) is 4.74 Å². The fraction of sp³-hybridized carbons (Fsp3) is 0.238. The molecule has 3 N–H and O–H groups in total. The number of hydrogen-bond acceptors (Lipinski definition) is 4. The molecular weight excluding hydrogens is 340 g/mol. The molecule has 0 spiro atoms. The monoisotopic (exact) mass is 362 g/mol. The molecule has 4 rings (SSSR count). The number of carbonyl (C=O) groups excluding carboxylic acids is 1. The number of amides is 1. The number of nitrogens with one attached hydrogen (secondary N) is 3. The summed E-state index contributed by atoms with van der Waals surface area (Å²) in [6.45, 7) is 1.99. The van der Waals surface area contributed by atoms with E-state index in [2.05, 4.69) is 20.8 Å². The minimum atomic E-state index is -0.171. The second-order valence-electron chi connectivity index (χ2n) is 6.74. The number of nitrogens with zero attached hydrogens (tertiary/aromatic N) is 1. The van der Waals surface area contributed by atoms with E-state index in [-0.39, 0.29) is 5.91 Å². The average molecular weight is 362 g/mol. The Morgan fingerprint density at radius 2 is 1.89 bits per heavy atom. The normalized spacial score (nSPS) is 13.3. The van der Waals surface area contributed by atoms with Gasteiger partial charge in [0.1, 0.15) is 5.75 Å². The van der Waals surface area contributed by atoms with Crippen LogP contribution in [0.5, 0.6) is 5.75 Å². The van der Waals surface area contributed by atoms with E-state index in [0.29, 0.717) is 17.3 Å². The lowest BCUT2D eigenvalue weighted by Gasteiger charge is -2.11. The van der Waals surface area contributed by atoms with Crippen LogP contribution in [-0.4, -0.2) is 23.2 Å². The van der Waals surface area contributed by atoms with Crippen molar-refractivity contribution in [2.45, 2.75) is 25.7 Å². The lowest BCUT2D eigenvalue weighted by molar-refractivity contribution is 0.102. The van der Waals surface area contributed by atoms with E-state index in [0.717, 1.165) is 28.4 Å². The second-order valence-corrected chi connectivity index (χ2v) is 6.74. The van der Waals surface area contributed by atoms with Crippen LogP contribution < -0.4 is 15.4 Å². The fourth-order valence-electron chi connectivity index (χ4n) is 3.09. The zero-order chi connectivity index (χ0) is 18.8. The highest BCUT2D eigenvalue weighted by atomic mass is 16.5. The number of aromatic amines is 1. The summed E-state index contributed by atoms with van der Waals surface area (Å²) in [7, 11) is 1.64. The van der Waals surface area contributed by atoms with Crippen LogP contribution in [0.2, 0.25) is 0 Å². The Balaban J connectivity index is 1.44. The summed E-state index contributed by atoms with van der Waals surface area (Å²) in [5.41, 5.74) is 4.50. The number of carbonyl (C=O) groups is 1. The van der Waals surface area contributed by atoms with Gasteiger partial charge in [-0.2, -0.15) is 5.10 Å². The Bertz CT molecular complexity index is 959. The Morgan fingerprint density at radius 1 is 1.15 bits per heavy atom. The summed E-state index contributed by atoms with van der Waals surface area (Å²) in [6, 6.07) is 15.0. The predicted octanol–water partition coefficient (Wildman–Crippen LogP) is 4.60. The number of H-pyrrole nitrogens is 1. The van der Waals surface area contributed by atoms with Crippen LogP contribution >= 0.6 is 0 Å². The molecule has 0 radical (unpaired) electrons. The first-order valence-electron chi connectivity index (χ1n) is 9.02. The second kappa shape index (κ2) is 7.15. The SMILES string of the molecule is COc1ccccc1Nc1ccc(C(=O)Nc2n[nH]c(C3CC3)c2C)cc1. The molecule has 1 aromatic heterocycles. The van der Waals surface area contributed by atoms with Crippen molar-refractivity contribution in [3.05, 3.63) is 65.4 Å². The zero-order valence-corrected chi connectivity index (χ0v) is 15.4. The molecule has 138 valence electrons. The summed E-state index contributed by atoms with van der Waals surface area (Å²) >= 11 is 0. The summed E-state index contributed by atoms with van der Waals surface area (Å²) in [6.07, 6.45) is 2.38. The summed E-state index contributed by atoms with van der Waals surface area (Å²) in [5.74, 6) is 1.78. The van der Waals surface area contributed by atoms with Gasteiger partial charge < -0.3 is 15.4 Å². The largest absolute Gasteiger partial charge is 0.495 e. The molecule has 1 fully saturated rings. The van der Waals surface area contributed by atoms with Gasteiger partial charge in [0.25, 0.3) is 5.91 Å². The molecular formula is C21H22N4O2. The van der Waals surface area contributed by atoms with Gasteiger partial charge in [0.15, 0.2) is 5.82 Å². The first kappa shape index (κ1) is 17.1. The van der Waals surface area contributed by atoms with Gasteiger partial charge in [-0.05, 0) is 56.2 Å². The van der Waals surface area contributed by atoms with Crippen molar-refractivity contribution < 1.29 is 9.53 Å². The summed E-state index contributed by atoms with van der Waals surface area (Å²) in [5, 5.41) is 13.5. The molecule has 6 nitrogen and oxygen atoms in total. The maximum Gasteiger partial charge on any atom is 0.256 e. The van der Waals surface area contributed by atoms with Gasteiger partial charge in [0.2, 0.25) is 0 Å². The van der Waals surface area contributed by atoms with Gasteiger partial charge >= 0.3 is 0 Å². The van der Waals surface area contributed by atoms with Crippen molar-refractivity contribution in [1.29, 1.82) is 0 Å². The number of para-hydroxylation sites is 2. The van der Waals surface area contributed by atoms with Crippen molar-refractivity contribution in [2.24, 2.45) is 0 Å². The first-order valence-corrected chi connectivity index (χ1v) is 9.02. The standard InChI is InChI=1S/C21H22N4O2/c1-13-19(14-7-8-14)24-25-20(13)23-21(26)15-9-11-16(12-10-15)22-17-5-3-4-6-18(17)27-2/h3-6,9-12,14,22H,7-8H2,1-2H3,(H2,23,24,25,26). The van der Waals surface area contributed by atoms with Crippen LogP contribution in [0.3, 0.4) is 0 Å². The van der Waals surface area contributed by atoms with E-state index in [1.807, 2.05) is 43.3 Å². The maximum absolute atomic E-state index is 12.5. The highest BCUT2D eigenvalue weighted by Crippen LogP contribution is 2.41. The van der Waals surface area contributed by atoms with Gasteiger partial charge in [-0.15, -0.1) is 0 Å². The third kappa shape index (κ3) is 3.65. The highest BCUT2D eigenvalue weighted by molar-refractivity contribution is 6.04. The van der Waals surface area contributed by atoms with Crippen LogP contribution in [0.1, 0.15) is 40.4 Å². The molecule has 1 aliphatic rings. The minimum absolute atomic E-state index is 0.171. The smallest absolute Gasteiger partial charge is 0.256 e. The van der Waals surface area contributed by atoms with Crippen LogP contribution in [0.25, 0.3) is 0 Å². The number of methoxy groups -OCH3 is 1. The summed E-state index contributed by atoms with van der Waals surface area (Å²) < 4.78 is 5.34. The van der Waals surface area contributed by atoms with Crippen molar-refractivity contribution >= 4 is 23.1 Å². The molecule has 1 heterocycles. The fourth-order valence-corrected chi connectivity index (χ4v) is 3.09. The van der Waals surface area contributed by atoms with Crippen LogP contribution in [0.15, 0.2) is 48.5 Å². The van der Waals surface area contributed by atoms with E-state index in [1.165, 1.54) is 12.8 Å². The van der Waals surface area contributed by atoms with Crippen molar-refractivity contribution in [1.82, 2.24) is 10.2 Å². The highest BCUT2D eigenvalue weighted by Gasteiger charge is 2.28. The lowest BCUT2D eigenvalue weighted by Crippen LogP contribution is -2.13. The Labute approximate surface area is 158 Å². The quantitative estimate of drug-likeness (QED) is 0.599. The van der Waals surface area contributed by atoms with Gasteiger partial charge in [-0.1, -0.05) is 12.1 Å². The Morgan fingerprint density at radius 3 is 2.59 bits per heavy atom. The first-order chi connectivity index (χ1) is 13.2. The number of ether oxygens (including phenoxy) is 1. The Kier molecular flexibility index (Phi) is 4.54. The zero-order valence-electron chi connectivity index (χ0n) is 15.4. The molecule has 6 heteroatoms. The third-order valence-electron chi connectivity index (χ3n) is 4.80. The van der Waals surface area contributed by atoms with Gasteiger partial charge in [-0.25, -0.2) is 0 Å². The lowest BCUT2D eigenvalue weighted by atomic mass is 10.1. The van der Waals surface area contributed by atoms with Crippen molar-refractivity contribution in [2.75, 3.05) is 17.7 Å². The minimum Gasteiger partial charge on any atom is -0.495 e. The van der Waals surface area contributed by atoms with Gasteiger partial charge in [0, 0.05) is 28.4 Å². The van der Waals surface area contributed by atoms with Crippen molar-refractivity contribution in [3.8, 4) is 5.75 Å². The molecule has 1 amide bonds. The Hall–Kier alpha value is -3.28. The predicted molar refractivity (Wildman–Crippen MR) is 106 cm³/mol. The van der Waals surface area contributed by atoms with E-state index in [1.54, 1.807) is 19.2 Å². The van der Waals surface area contributed by atoms with Gasteiger partial charge in [-0.3, -0.25) is 9.89 Å². The molecule has 1 aliphatic carbocycles. The van der Waals surface area contributed by atoms with Crippen LogP contribution in [0, 0.1) is 6.92 Å². The van der Waals surface area contributed by atoms with Crippen LogP contribution in [0.4, 0.5) is 17.2 Å². The van der Waals surface area contributed by atoms with E-state index < -0.39 is 0 Å². The van der Waals surface area contributed by atoms with E-state index in [9.17, 15) is 4.79 Å².